The van der Waals surface area contributed by atoms with E-state index in [-0.39, 0.29) is 6.10 Å². The third-order valence-corrected chi connectivity index (χ3v) is 3.19. The minimum absolute atomic E-state index is 0.272. The highest BCUT2D eigenvalue weighted by molar-refractivity contribution is 5.18. The first-order chi connectivity index (χ1) is 7.42. The summed E-state index contributed by atoms with van der Waals surface area (Å²) in [6, 6.07) is 10.6. The Hall–Kier alpha value is -0.860. The van der Waals surface area contributed by atoms with Crippen molar-refractivity contribution in [1.29, 1.82) is 0 Å². The molecule has 0 spiro atoms. The molecule has 0 saturated carbocycles. The van der Waals surface area contributed by atoms with Gasteiger partial charge in [-0.3, -0.25) is 0 Å². The second-order valence-electron chi connectivity index (χ2n) is 4.15. The predicted molar refractivity (Wildman–Crippen MR) is 61.8 cm³/mol. The fourth-order valence-electron chi connectivity index (χ4n) is 2.39. The maximum absolute atomic E-state index is 5.65. The van der Waals surface area contributed by atoms with Crippen molar-refractivity contribution in [2.75, 3.05) is 20.2 Å². The highest BCUT2D eigenvalue weighted by Gasteiger charge is 2.24. The molecule has 0 aliphatic carbocycles. The van der Waals surface area contributed by atoms with Gasteiger partial charge in [0.15, 0.2) is 0 Å². The Morgan fingerprint density at radius 2 is 1.87 bits per heavy atom. The van der Waals surface area contributed by atoms with E-state index in [0.717, 1.165) is 13.1 Å². The van der Waals surface area contributed by atoms with Gasteiger partial charge in [0.05, 0.1) is 6.10 Å². The van der Waals surface area contributed by atoms with Crippen LogP contribution in [0.5, 0.6) is 0 Å². The Bertz CT molecular complexity index is 280. The summed E-state index contributed by atoms with van der Waals surface area (Å²) in [6.07, 6.45) is 2.70. The van der Waals surface area contributed by atoms with Gasteiger partial charge < -0.3 is 10.1 Å². The number of methoxy groups -OCH3 is 1. The van der Waals surface area contributed by atoms with Crippen LogP contribution in [0.2, 0.25) is 0 Å². The fourth-order valence-corrected chi connectivity index (χ4v) is 2.39. The first-order valence-corrected chi connectivity index (χ1v) is 5.70. The Labute approximate surface area is 91.6 Å². The topological polar surface area (TPSA) is 21.3 Å². The van der Waals surface area contributed by atoms with Crippen molar-refractivity contribution in [3.63, 3.8) is 0 Å². The van der Waals surface area contributed by atoms with Crippen molar-refractivity contribution in [3.8, 4) is 0 Å². The van der Waals surface area contributed by atoms with Gasteiger partial charge in [0.25, 0.3) is 0 Å². The van der Waals surface area contributed by atoms with E-state index in [1.165, 1.54) is 18.4 Å². The normalized spacial score (nSPS) is 20.1. The van der Waals surface area contributed by atoms with Crippen LogP contribution in [0, 0.1) is 5.92 Å². The molecule has 1 N–H and O–H groups in total. The average Bonchev–Trinajstić information content (AvgIpc) is 2.33. The summed E-state index contributed by atoms with van der Waals surface area (Å²) in [5, 5.41) is 3.39. The van der Waals surface area contributed by atoms with Gasteiger partial charge in [0.2, 0.25) is 0 Å². The quantitative estimate of drug-likeness (QED) is 0.818. The second-order valence-corrected chi connectivity index (χ2v) is 4.15. The number of hydrogen-bond acceptors (Lipinski definition) is 2. The molecule has 1 fully saturated rings. The molecular formula is C13H19NO. The zero-order valence-electron chi connectivity index (χ0n) is 9.28. The molecule has 1 atom stereocenters. The van der Waals surface area contributed by atoms with Crippen LogP contribution in [0.1, 0.15) is 24.5 Å². The Morgan fingerprint density at radius 3 is 2.47 bits per heavy atom. The van der Waals surface area contributed by atoms with Crippen LogP contribution in [0.25, 0.3) is 0 Å². The summed E-state index contributed by atoms with van der Waals surface area (Å²) in [5.41, 5.74) is 1.31. The maximum atomic E-state index is 5.65. The van der Waals surface area contributed by atoms with E-state index in [0.29, 0.717) is 5.92 Å². The molecule has 2 heteroatoms. The zero-order chi connectivity index (χ0) is 10.5. The summed E-state index contributed by atoms with van der Waals surface area (Å²) < 4.78 is 5.65. The van der Waals surface area contributed by atoms with Gasteiger partial charge in [-0.05, 0) is 37.4 Å². The summed E-state index contributed by atoms with van der Waals surface area (Å²) >= 11 is 0. The highest BCUT2D eigenvalue weighted by atomic mass is 16.5. The fraction of sp³-hybridized carbons (Fsp3) is 0.538. The van der Waals surface area contributed by atoms with E-state index in [1.54, 1.807) is 0 Å². The van der Waals surface area contributed by atoms with Crippen molar-refractivity contribution >= 4 is 0 Å². The lowest BCUT2D eigenvalue weighted by Crippen LogP contribution is -2.31. The lowest BCUT2D eigenvalue weighted by atomic mass is 9.88. The van der Waals surface area contributed by atoms with Crippen LogP contribution in [-0.2, 0) is 4.74 Å². The van der Waals surface area contributed by atoms with Crippen molar-refractivity contribution in [2.45, 2.75) is 18.9 Å². The van der Waals surface area contributed by atoms with Crippen LogP contribution in [-0.4, -0.2) is 20.2 Å². The van der Waals surface area contributed by atoms with E-state index in [9.17, 15) is 0 Å². The van der Waals surface area contributed by atoms with Gasteiger partial charge >= 0.3 is 0 Å². The monoisotopic (exact) mass is 205 g/mol. The summed E-state index contributed by atoms with van der Waals surface area (Å²) in [4.78, 5) is 0. The van der Waals surface area contributed by atoms with Gasteiger partial charge in [0.1, 0.15) is 0 Å². The van der Waals surface area contributed by atoms with Crippen LogP contribution in [0.4, 0.5) is 0 Å². The van der Waals surface area contributed by atoms with Crippen molar-refractivity contribution < 1.29 is 4.74 Å². The largest absolute Gasteiger partial charge is 0.376 e. The van der Waals surface area contributed by atoms with Crippen LogP contribution in [0.15, 0.2) is 30.3 Å². The Kier molecular flexibility index (Phi) is 3.75. The van der Waals surface area contributed by atoms with Gasteiger partial charge in [0, 0.05) is 7.11 Å². The number of nitrogens with one attached hydrogen (secondary N) is 1. The predicted octanol–water partition coefficient (Wildman–Crippen LogP) is 2.37. The van der Waals surface area contributed by atoms with E-state index >= 15 is 0 Å². The molecular weight excluding hydrogens is 186 g/mol. The molecule has 2 rings (SSSR count). The third kappa shape index (κ3) is 2.58. The van der Waals surface area contributed by atoms with E-state index in [1.807, 2.05) is 7.11 Å². The first-order valence-electron chi connectivity index (χ1n) is 5.70. The molecule has 1 aromatic carbocycles. The zero-order valence-corrected chi connectivity index (χ0v) is 9.28. The van der Waals surface area contributed by atoms with Gasteiger partial charge in [-0.2, -0.15) is 0 Å². The number of benzene rings is 1. The lowest BCUT2D eigenvalue weighted by Gasteiger charge is -2.30. The summed E-state index contributed by atoms with van der Waals surface area (Å²) in [7, 11) is 1.82. The van der Waals surface area contributed by atoms with Crippen molar-refractivity contribution in [1.82, 2.24) is 5.32 Å². The van der Waals surface area contributed by atoms with E-state index in [4.69, 9.17) is 4.74 Å². The smallest absolute Gasteiger partial charge is 0.0850 e. The summed E-state index contributed by atoms with van der Waals surface area (Å²) in [5.74, 6) is 0.665. The average molecular weight is 205 g/mol. The van der Waals surface area contributed by atoms with Crippen molar-refractivity contribution in [3.05, 3.63) is 35.9 Å². The Balaban J connectivity index is 2.09. The lowest BCUT2D eigenvalue weighted by molar-refractivity contribution is 0.0383. The minimum Gasteiger partial charge on any atom is -0.376 e. The molecule has 1 aromatic rings. The standard InChI is InChI=1S/C13H19NO/c1-15-13(11-5-3-2-4-6-11)12-7-9-14-10-8-12/h2-6,12-14H,7-10H2,1H3/t13-/m1/s1. The Morgan fingerprint density at radius 1 is 1.20 bits per heavy atom. The maximum Gasteiger partial charge on any atom is 0.0850 e. The second kappa shape index (κ2) is 5.29. The van der Waals surface area contributed by atoms with Crippen LogP contribution >= 0.6 is 0 Å². The van der Waals surface area contributed by atoms with Gasteiger partial charge in [-0.15, -0.1) is 0 Å². The number of piperidine rings is 1. The van der Waals surface area contributed by atoms with E-state index in [2.05, 4.69) is 35.6 Å². The van der Waals surface area contributed by atoms with Crippen molar-refractivity contribution in [2.24, 2.45) is 5.92 Å². The molecule has 0 bridgehead atoms. The van der Waals surface area contributed by atoms with Crippen LogP contribution < -0.4 is 5.32 Å². The number of rotatable bonds is 3. The molecule has 0 radical (unpaired) electrons. The first kappa shape index (κ1) is 10.7. The molecule has 1 saturated heterocycles. The molecule has 1 heterocycles. The molecule has 0 amide bonds. The van der Waals surface area contributed by atoms with Gasteiger partial charge in [-0.25, -0.2) is 0 Å². The third-order valence-electron chi connectivity index (χ3n) is 3.19. The number of ether oxygens (including phenoxy) is 1. The molecule has 0 aromatic heterocycles. The summed E-state index contributed by atoms with van der Waals surface area (Å²) in [6.45, 7) is 2.24. The molecule has 82 valence electrons. The highest BCUT2D eigenvalue weighted by Crippen LogP contribution is 2.31. The number of hydrogen-bond donors (Lipinski definition) is 1. The molecule has 1 aliphatic rings. The van der Waals surface area contributed by atoms with E-state index < -0.39 is 0 Å². The SMILES string of the molecule is CO[C@H](c1ccccc1)C1CCNCC1. The van der Waals surface area contributed by atoms with Crippen LogP contribution in [0.3, 0.4) is 0 Å². The van der Waals surface area contributed by atoms with Gasteiger partial charge in [-0.1, -0.05) is 30.3 Å². The molecule has 1 aliphatic heterocycles. The molecule has 2 nitrogen and oxygen atoms in total. The molecule has 15 heavy (non-hydrogen) atoms. The molecule has 0 unspecified atom stereocenters. The minimum atomic E-state index is 0.272.